The molecule has 0 spiro atoms. The Morgan fingerprint density at radius 3 is 2.44 bits per heavy atom. The number of carbonyl (C=O) groups excluding carboxylic acids is 3. The van der Waals surface area contributed by atoms with E-state index in [4.69, 9.17) is 14.2 Å². The number of rotatable bonds is 11. The van der Waals surface area contributed by atoms with Gasteiger partial charge in [-0.15, -0.1) is 0 Å². The highest BCUT2D eigenvalue weighted by Crippen LogP contribution is 2.27. The highest BCUT2D eigenvalue weighted by Gasteiger charge is 2.14. The lowest BCUT2D eigenvalue weighted by molar-refractivity contribution is -0.136. The van der Waals surface area contributed by atoms with Crippen molar-refractivity contribution >= 4 is 51.2 Å². The molecule has 39 heavy (non-hydrogen) atoms. The fraction of sp³-hybridized carbons (Fsp3) is 0.111. The molecule has 3 rings (SSSR count). The van der Waals surface area contributed by atoms with Gasteiger partial charge in [0.1, 0.15) is 18.2 Å². The third kappa shape index (κ3) is 8.97. The van der Waals surface area contributed by atoms with Crippen molar-refractivity contribution in [3.05, 3.63) is 89.2 Å². The largest absolute Gasteiger partial charge is 0.493 e. The summed E-state index contributed by atoms with van der Waals surface area (Å²) in [5.41, 5.74) is 3.07. The second-order valence-corrected chi connectivity index (χ2v) is 8.56. The maximum atomic E-state index is 13.9. The maximum absolute atomic E-state index is 13.9. The molecule has 0 bridgehead atoms. The van der Waals surface area contributed by atoms with Crippen LogP contribution in [0.5, 0.6) is 17.2 Å². The number of nitrogens with one attached hydrogen (secondary N) is 3. The van der Waals surface area contributed by atoms with Gasteiger partial charge in [0, 0.05) is 10.2 Å². The average molecular weight is 599 g/mol. The summed E-state index contributed by atoms with van der Waals surface area (Å²) < 4.78 is 30.6. The van der Waals surface area contributed by atoms with Gasteiger partial charge in [-0.3, -0.25) is 14.4 Å². The number of carbonyl (C=O) groups is 3. The Balaban J connectivity index is 1.50. The molecule has 3 N–H and O–H groups in total. The van der Waals surface area contributed by atoms with Crippen LogP contribution in [0.1, 0.15) is 5.56 Å². The van der Waals surface area contributed by atoms with Crippen molar-refractivity contribution in [3.8, 4) is 17.2 Å². The van der Waals surface area contributed by atoms with E-state index < -0.39 is 30.1 Å². The molecule has 0 aliphatic rings. The van der Waals surface area contributed by atoms with E-state index in [2.05, 4.69) is 43.7 Å². The van der Waals surface area contributed by atoms with Gasteiger partial charge in [0.2, 0.25) is 0 Å². The first kappa shape index (κ1) is 28.9. The Kier molecular flexibility index (Phi) is 10.6. The quantitative estimate of drug-likeness (QED) is 0.131. The van der Waals surface area contributed by atoms with Crippen LogP contribution in [0.3, 0.4) is 0 Å². The molecule has 10 nitrogen and oxygen atoms in total. The fourth-order valence-electron chi connectivity index (χ4n) is 3.00. The number of benzene rings is 3. The van der Waals surface area contributed by atoms with Crippen molar-refractivity contribution in [2.24, 2.45) is 5.10 Å². The first-order valence-corrected chi connectivity index (χ1v) is 12.1. The monoisotopic (exact) mass is 598 g/mol. The van der Waals surface area contributed by atoms with Crippen LogP contribution in [-0.2, 0) is 14.4 Å². The highest BCUT2D eigenvalue weighted by molar-refractivity contribution is 9.10. The van der Waals surface area contributed by atoms with Gasteiger partial charge in [-0.05, 0) is 66.2 Å². The molecule has 3 amide bonds. The molecule has 0 atom stereocenters. The highest BCUT2D eigenvalue weighted by atomic mass is 79.9. The SMILES string of the molecule is C=CCOc1ccc(NC(=O)C(=O)N/N=C\c2ccc(OCC(=O)Nc3ccc(Br)cc3F)c(OC)c2)cc1. The van der Waals surface area contributed by atoms with Crippen LogP contribution in [0.2, 0.25) is 0 Å². The van der Waals surface area contributed by atoms with Gasteiger partial charge < -0.3 is 24.8 Å². The Hall–Kier alpha value is -4.71. The van der Waals surface area contributed by atoms with Crippen LogP contribution >= 0.6 is 15.9 Å². The third-order valence-electron chi connectivity index (χ3n) is 4.82. The summed E-state index contributed by atoms with van der Waals surface area (Å²) >= 11 is 3.15. The van der Waals surface area contributed by atoms with Gasteiger partial charge in [0.15, 0.2) is 18.1 Å². The lowest BCUT2D eigenvalue weighted by Gasteiger charge is -2.12. The fourth-order valence-corrected chi connectivity index (χ4v) is 3.33. The van der Waals surface area contributed by atoms with Gasteiger partial charge >= 0.3 is 11.8 Å². The predicted octanol–water partition coefficient (Wildman–Crippen LogP) is 4.27. The van der Waals surface area contributed by atoms with Crippen LogP contribution in [0.25, 0.3) is 0 Å². The number of methoxy groups -OCH3 is 1. The van der Waals surface area contributed by atoms with E-state index in [0.29, 0.717) is 28.1 Å². The molecule has 12 heteroatoms. The molecule has 202 valence electrons. The van der Waals surface area contributed by atoms with E-state index in [0.717, 1.165) is 0 Å². The minimum absolute atomic E-state index is 0.0211. The zero-order valence-electron chi connectivity index (χ0n) is 20.7. The molecule has 3 aromatic carbocycles. The van der Waals surface area contributed by atoms with Gasteiger partial charge in [-0.25, -0.2) is 9.82 Å². The molecular formula is C27H24BrFN4O6. The Morgan fingerprint density at radius 2 is 1.74 bits per heavy atom. The first-order chi connectivity index (χ1) is 18.8. The van der Waals surface area contributed by atoms with Gasteiger partial charge in [0.25, 0.3) is 5.91 Å². The lowest BCUT2D eigenvalue weighted by Crippen LogP contribution is -2.32. The van der Waals surface area contributed by atoms with Crippen LogP contribution in [0.4, 0.5) is 15.8 Å². The summed E-state index contributed by atoms with van der Waals surface area (Å²) in [7, 11) is 1.41. The normalized spacial score (nSPS) is 10.4. The number of amides is 3. The molecule has 0 radical (unpaired) electrons. The van der Waals surface area contributed by atoms with E-state index in [1.54, 1.807) is 48.5 Å². The topological polar surface area (TPSA) is 127 Å². The van der Waals surface area contributed by atoms with Crippen molar-refractivity contribution < 1.29 is 33.0 Å². The van der Waals surface area contributed by atoms with Gasteiger partial charge in [0.05, 0.1) is 19.0 Å². The predicted molar refractivity (Wildman–Crippen MR) is 148 cm³/mol. The molecule has 0 aromatic heterocycles. The number of ether oxygens (including phenoxy) is 3. The van der Waals surface area contributed by atoms with Crippen molar-refractivity contribution in [1.29, 1.82) is 0 Å². The smallest absolute Gasteiger partial charge is 0.329 e. The number of anilines is 2. The van der Waals surface area contributed by atoms with Gasteiger partial charge in [-0.1, -0.05) is 28.6 Å². The molecule has 0 saturated carbocycles. The second-order valence-electron chi connectivity index (χ2n) is 7.65. The van der Waals surface area contributed by atoms with Crippen LogP contribution in [0.15, 0.2) is 82.9 Å². The third-order valence-corrected chi connectivity index (χ3v) is 5.31. The van der Waals surface area contributed by atoms with Crippen LogP contribution in [-0.4, -0.2) is 44.3 Å². The summed E-state index contributed by atoms with van der Waals surface area (Å²) in [6.45, 7) is 3.52. The number of hydrazone groups is 1. The van der Waals surface area contributed by atoms with Crippen molar-refractivity contribution in [1.82, 2.24) is 5.43 Å². The number of nitrogens with zero attached hydrogens (tertiary/aromatic N) is 1. The minimum atomic E-state index is -0.974. The van der Waals surface area contributed by atoms with Crippen LogP contribution in [0, 0.1) is 5.82 Å². The van der Waals surface area contributed by atoms with E-state index >= 15 is 0 Å². The molecular weight excluding hydrogens is 575 g/mol. The Bertz CT molecular complexity index is 1380. The number of hydrogen-bond donors (Lipinski definition) is 3. The van der Waals surface area contributed by atoms with E-state index in [1.165, 1.54) is 31.5 Å². The summed E-state index contributed by atoms with van der Waals surface area (Å²) in [5, 5.41) is 8.65. The number of hydrogen-bond acceptors (Lipinski definition) is 7. The van der Waals surface area contributed by atoms with Crippen molar-refractivity contribution in [3.63, 3.8) is 0 Å². The van der Waals surface area contributed by atoms with Gasteiger partial charge in [-0.2, -0.15) is 5.10 Å². The first-order valence-electron chi connectivity index (χ1n) is 11.3. The minimum Gasteiger partial charge on any atom is -0.493 e. The average Bonchev–Trinajstić information content (AvgIpc) is 2.93. The lowest BCUT2D eigenvalue weighted by atomic mass is 10.2. The summed E-state index contributed by atoms with van der Waals surface area (Å²) in [4.78, 5) is 36.3. The number of halogens is 2. The molecule has 0 aliphatic heterocycles. The molecule has 3 aromatic rings. The Labute approximate surface area is 232 Å². The van der Waals surface area contributed by atoms with Crippen LogP contribution < -0.4 is 30.3 Å². The molecule has 0 unspecified atom stereocenters. The summed E-state index contributed by atoms with van der Waals surface area (Å²) in [5.74, 6) is -1.91. The standard InChI is InChI=1S/C27H24BrFN4O6/c1-3-12-38-20-8-6-19(7-9-20)31-26(35)27(36)33-30-15-17-4-11-23(24(13-17)37-2)39-16-25(34)32-22-10-5-18(28)14-21(22)29/h3-11,13-15H,1,12,16H2,2H3,(H,31,35)(H,32,34)(H,33,36)/b30-15-. The Morgan fingerprint density at radius 1 is 0.974 bits per heavy atom. The molecule has 0 heterocycles. The maximum Gasteiger partial charge on any atom is 0.329 e. The van der Waals surface area contributed by atoms with Crippen molar-refractivity contribution in [2.45, 2.75) is 0 Å². The van der Waals surface area contributed by atoms with Crippen molar-refractivity contribution in [2.75, 3.05) is 31.0 Å². The van der Waals surface area contributed by atoms with E-state index in [1.807, 2.05) is 0 Å². The molecule has 0 aliphatic carbocycles. The zero-order valence-corrected chi connectivity index (χ0v) is 22.3. The summed E-state index contributed by atoms with van der Waals surface area (Å²) in [6, 6.07) is 15.4. The van der Waals surface area contributed by atoms with E-state index in [-0.39, 0.29) is 17.2 Å². The molecule has 0 fully saturated rings. The molecule has 0 saturated heterocycles. The summed E-state index contributed by atoms with van der Waals surface area (Å²) in [6.07, 6.45) is 2.91. The van der Waals surface area contributed by atoms with E-state index in [9.17, 15) is 18.8 Å². The zero-order chi connectivity index (χ0) is 28.2. The second kappa shape index (κ2) is 14.3.